The Morgan fingerprint density at radius 3 is 2.50 bits per heavy atom. The normalized spacial score (nSPS) is 23.4. The molecule has 3 unspecified atom stereocenters. The minimum atomic E-state index is -0.843. The van der Waals surface area contributed by atoms with E-state index >= 15 is 0 Å². The van der Waals surface area contributed by atoms with Crippen LogP contribution in [0.4, 0.5) is 0 Å². The highest BCUT2D eigenvalue weighted by atomic mass is 16.5. The summed E-state index contributed by atoms with van der Waals surface area (Å²) in [6.45, 7) is 4.28. The minimum Gasteiger partial charge on any atom is -0.481 e. The van der Waals surface area contributed by atoms with Crippen LogP contribution in [0.5, 0.6) is 5.75 Å². The summed E-state index contributed by atoms with van der Waals surface area (Å²) in [5.41, 5.74) is 0. The number of carboxylic acid groups (broad SMARTS) is 1. The van der Waals surface area contributed by atoms with Crippen LogP contribution in [-0.4, -0.2) is 41.1 Å². The lowest BCUT2D eigenvalue weighted by atomic mass is 9.99. The number of benzene rings is 1. The van der Waals surface area contributed by atoms with Crippen LogP contribution in [0.1, 0.15) is 13.8 Å². The first-order valence-electron chi connectivity index (χ1n) is 6.72. The van der Waals surface area contributed by atoms with E-state index in [0.717, 1.165) is 0 Å². The SMILES string of the molecule is CC(Oc1ccccc1)C(=O)N1CC(C)C(C(=O)O)C1. The summed E-state index contributed by atoms with van der Waals surface area (Å²) in [5, 5.41) is 9.09. The number of hydrogen-bond donors (Lipinski definition) is 1. The maximum atomic E-state index is 12.3. The third-order valence-electron chi connectivity index (χ3n) is 3.65. The molecule has 3 atom stereocenters. The van der Waals surface area contributed by atoms with E-state index in [1.807, 2.05) is 25.1 Å². The van der Waals surface area contributed by atoms with Crippen molar-refractivity contribution < 1.29 is 19.4 Å². The van der Waals surface area contributed by atoms with Crippen LogP contribution in [0, 0.1) is 11.8 Å². The third kappa shape index (κ3) is 3.10. The summed E-state index contributed by atoms with van der Waals surface area (Å²) < 4.78 is 5.58. The first-order chi connectivity index (χ1) is 9.49. The fraction of sp³-hybridized carbons (Fsp3) is 0.467. The first kappa shape index (κ1) is 14.4. The summed E-state index contributed by atoms with van der Waals surface area (Å²) in [7, 11) is 0. The van der Waals surface area contributed by atoms with Gasteiger partial charge in [0.05, 0.1) is 5.92 Å². The third-order valence-corrected chi connectivity index (χ3v) is 3.65. The quantitative estimate of drug-likeness (QED) is 0.908. The van der Waals surface area contributed by atoms with Gasteiger partial charge in [0.1, 0.15) is 5.75 Å². The van der Waals surface area contributed by atoms with E-state index in [-0.39, 0.29) is 18.4 Å². The Morgan fingerprint density at radius 1 is 1.30 bits per heavy atom. The molecule has 1 fully saturated rings. The second-order valence-electron chi connectivity index (χ2n) is 5.24. The summed E-state index contributed by atoms with van der Waals surface area (Å²) in [4.78, 5) is 24.9. The van der Waals surface area contributed by atoms with Crippen molar-refractivity contribution in [2.24, 2.45) is 11.8 Å². The predicted octanol–water partition coefficient (Wildman–Crippen LogP) is 1.63. The molecule has 20 heavy (non-hydrogen) atoms. The van der Waals surface area contributed by atoms with E-state index in [9.17, 15) is 9.59 Å². The first-order valence-corrected chi connectivity index (χ1v) is 6.72. The average molecular weight is 277 g/mol. The molecule has 0 radical (unpaired) electrons. The predicted molar refractivity (Wildman–Crippen MR) is 73.4 cm³/mol. The van der Waals surface area contributed by atoms with Crippen LogP contribution in [0.25, 0.3) is 0 Å². The van der Waals surface area contributed by atoms with E-state index in [1.54, 1.807) is 24.0 Å². The van der Waals surface area contributed by atoms with Crippen molar-refractivity contribution >= 4 is 11.9 Å². The van der Waals surface area contributed by atoms with Crippen LogP contribution in [-0.2, 0) is 9.59 Å². The number of nitrogens with zero attached hydrogens (tertiary/aromatic N) is 1. The fourth-order valence-electron chi connectivity index (χ4n) is 2.48. The van der Waals surface area contributed by atoms with Crippen LogP contribution < -0.4 is 4.74 Å². The molecule has 1 aliphatic rings. The van der Waals surface area contributed by atoms with Crippen LogP contribution in [0.3, 0.4) is 0 Å². The van der Waals surface area contributed by atoms with E-state index in [0.29, 0.717) is 12.3 Å². The Balaban J connectivity index is 1.96. The Hall–Kier alpha value is -2.04. The van der Waals surface area contributed by atoms with Crippen molar-refractivity contribution in [2.45, 2.75) is 20.0 Å². The number of carbonyl (C=O) groups excluding carboxylic acids is 1. The Kier molecular flexibility index (Phi) is 4.27. The molecule has 5 heteroatoms. The highest BCUT2D eigenvalue weighted by Crippen LogP contribution is 2.24. The van der Waals surface area contributed by atoms with E-state index in [2.05, 4.69) is 0 Å². The van der Waals surface area contributed by atoms with Crippen LogP contribution >= 0.6 is 0 Å². The van der Waals surface area contributed by atoms with Gasteiger partial charge in [0.15, 0.2) is 6.10 Å². The monoisotopic (exact) mass is 277 g/mol. The maximum Gasteiger partial charge on any atom is 0.308 e. The minimum absolute atomic E-state index is 0.0274. The number of carboxylic acids is 1. The van der Waals surface area contributed by atoms with Crippen LogP contribution in [0.2, 0.25) is 0 Å². The van der Waals surface area contributed by atoms with Gasteiger partial charge in [-0.25, -0.2) is 0 Å². The molecule has 1 N–H and O–H groups in total. The van der Waals surface area contributed by atoms with Gasteiger partial charge >= 0.3 is 5.97 Å². The molecule has 1 aliphatic heterocycles. The zero-order chi connectivity index (χ0) is 14.7. The summed E-state index contributed by atoms with van der Waals surface area (Å²) in [5.74, 6) is -0.882. The topological polar surface area (TPSA) is 66.8 Å². The van der Waals surface area contributed by atoms with Crippen molar-refractivity contribution in [3.8, 4) is 5.75 Å². The number of para-hydroxylation sites is 1. The summed E-state index contributed by atoms with van der Waals surface area (Å²) in [6, 6.07) is 9.13. The number of rotatable bonds is 4. The standard InChI is InChI=1S/C15H19NO4/c1-10-8-16(9-13(10)15(18)19)14(17)11(2)20-12-6-4-3-5-7-12/h3-7,10-11,13H,8-9H2,1-2H3,(H,18,19). The van der Waals surface area contributed by atoms with Gasteiger partial charge in [-0.15, -0.1) is 0 Å². The van der Waals surface area contributed by atoms with E-state index in [1.165, 1.54) is 0 Å². The molecule has 0 spiro atoms. The molecule has 108 valence electrons. The number of hydrogen-bond acceptors (Lipinski definition) is 3. The molecule has 0 bridgehead atoms. The largest absolute Gasteiger partial charge is 0.481 e. The average Bonchev–Trinajstić information content (AvgIpc) is 2.81. The lowest BCUT2D eigenvalue weighted by Crippen LogP contribution is -2.39. The molecule has 0 aromatic heterocycles. The smallest absolute Gasteiger partial charge is 0.308 e. The highest BCUT2D eigenvalue weighted by molar-refractivity contribution is 5.82. The van der Waals surface area contributed by atoms with Gasteiger partial charge in [0.25, 0.3) is 5.91 Å². The van der Waals surface area contributed by atoms with Crippen molar-refractivity contribution in [3.63, 3.8) is 0 Å². The van der Waals surface area contributed by atoms with Crippen LogP contribution in [0.15, 0.2) is 30.3 Å². The van der Waals surface area contributed by atoms with E-state index < -0.39 is 18.0 Å². The van der Waals surface area contributed by atoms with Gasteiger partial charge in [0.2, 0.25) is 0 Å². The highest BCUT2D eigenvalue weighted by Gasteiger charge is 2.38. The second-order valence-corrected chi connectivity index (χ2v) is 5.24. The number of amides is 1. The number of carbonyl (C=O) groups is 2. The molecular weight excluding hydrogens is 258 g/mol. The number of ether oxygens (including phenoxy) is 1. The molecular formula is C15H19NO4. The maximum absolute atomic E-state index is 12.3. The molecule has 1 amide bonds. The van der Waals surface area contributed by atoms with Crippen molar-refractivity contribution in [3.05, 3.63) is 30.3 Å². The second kappa shape index (κ2) is 5.94. The number of likely N-dealkylation sites (tertiary alicyclic amines) is 1. The zero-order valence-corrected chi connectivity index (χ0v) is 11.7. The number of aliphatic carboxylic acids is 1. The molecule has 0 aliphatic carbocycles. The van der Waals surface area contributed by atoms with Gasteiger partial charge in [0, 0.05) is 13.1 Å². The molecule has 1 aromatic rings. The lowest BCUT2D eigenvalue weighted by Gasteiger charge is -2.21. The Labute approximate surface area is 118 Å². The molecule has 5 nitrogen and oxygen atoms in total. The summed E-state index contributed by atoms with van der Waals surface area (Å²) in [6.07, 6.45) is -0.614. The molecule has 0 saturated carbocycles. The molecule has 1 saturated heterocycles. The fourth-order valence-corrected chi connectivity index (χ4v) is 2.48. The molecule has 1 heterocycles. The molecule has 2 rings (SSSR count). The molecule has 1 aromatic carbocycles. The zero-order valence-electron chi connectivity index (χ0n) is 11.7. The van der Waals surface area contributed by atoms with Gasteiger partial charge in [-0.1, -0.05) is 25.1 Å². The summed E-state index contributed by atoms with van der Waals surface area (Å²) >= 11 is 0. The Morgan fingerprint density at radius 2 is 1.95 bits per heavy atom. The van der Waals surface area contributed by atoms with Gasteiger partial charge in [-0.2, -0.15) is 0 Å². The lowest BCUT2D eigenvalue weighted by molar-refractivity contribution is -0.142. The van der Waals surface area contributed by atoms with E-state index in [4.69, 9.17) is 9.84 Å². The van der Waals surface area contributed by atoms with Crippen molar-refractivity contribution in [2.75, 3.05) is 13.1 Å². The van der Waals surface area contributed by atoms with Crippen molar-refractivity contribution in [1.29, 1.82) is 0 Å². The van der Waals surface area contributed by atoms with Gasteiger partial charge < -0.3 is 14.7 Å². The Bertz CT molecular complexity index is 488. The van der Waals surface area contributed by atoms with Gasteiger partial charge in [-0.05, 0) is 25.0 Å². The van der Waals surface area contributed by atoms with Crippen molar-refractivity contribution in [1.82, 2.24) is 4.90 Å². The van der Waals surface area contributed by atoms with Gasteiger partial charge in [-0.3, -0.25) is 9.59 Å².